The molecule has 8 heteroatoms. The van der Waals surface area contributed by atoms with Crippen molar-refractivity contribution in [3.05, 3.63) is 29.3 Å². The van der Waals surface area contributed by atoms with Gasteiger partial charge < -0.3 is 9.84 Å². The molecule has 0 unspecified atom stereocenters. The van der Waals surface area contributed by atoms with Gasteiger partial charge in [-0.3, -0.25) is 4.79 Å². The zero-order valence-corrected chi connectivity index (χ0v) is 13.5. The van der Waals surface area contributed by atoms with E-state index in [0.29, 0.717) is 26.1 Å². The summed E-state index contributed by atoms with van der Waals surface area (Å²) in [6.45, 7) is 0.787. The largest absolute Gasteiger partial charge is 0.481 e. The van der Waals surface area contributed by atoms with Crippen molar-refractivity contribution >= 4 is 27.6 Å². The molecule has 0 spiro atoms. The van der Waals surface area contributed by atoms with E-state index in [1.54, 1.807) is 12.1 Å². The van der Waals surface area contributed by atoms with E-state index >= 15 is 0 Å². The normalized spacial score (nSPS) is 18.0. The van der Waals surface area contributed by atoms with Crippen LogP contribution in [-0.2, 0) is 19.6 Å². The highest BCUT2D eigenvalue weighted by atomic mass is 35.5. The van der Waals surface area contributed by atoms with Crippen molar-refractivity contribution in [2.75, 3.05) is 13.2 Å². The lowest BCUT2D eigenvalue weighted by Crippen LogP contribution is -2.52. The van der Waals surface area contributed by atoms with Crippen LogP contribution < -0.4 is 4.72 Å². The van der Waals surface area contributed by atoms with Gasteiger partial charge in [0, 0.05) is 25.2 Å². The Hall–Kier alpha value is -1.15. The number of hydrogen-bond donors (Lipinski definition) is 2. The van der Waals surface area contributed by atoms with Crippen molar-refractivity contribution in [3.8, 4) is 0 Å². The lowest BCUT2D eigenvalue weighted by atomic mass is 9.86. The summed E-state index contributed by atoms with van der Waals surface area (Å²) < 4.78 is 33.1. The molecule has 1 aliphatic rings. The van der Waals surface area contributed by atoms with Gasteiger partial charge in [0.15, 0.2) is 0 Å². The van der Waals surface area contributed by atoms with E-state index in [1.807, 2.05) is 0 Å². The number of carbonyl (C=O) groups is 1. The molecule has 0 aromatic heterocycles. The maximum absolute atomic E-state index is 12.6. The molecule has 22 heavy (non-hydrogen) atoms. The summed E-state index contributed by atoms with van der Waals surface area (Å²) in [6.07, 6.45) is 0.980. The Morgan fingerprint density at radius 1 is 1.32 bits per heavy atom. The predicted octanol–water partition coefficient (Wildman–Crippen LogP) is 2.03. The molecule has 0 atom stereocenters. The molecule has 6 nitrogen and oxygen atoms in total. The number of rotatable bonds is 6. The highest BCUT2D eigenvalue weighted by Crippen LogP contribution is 2.30. The molecule has 2 rings (SSSR count). The molecule has 1 fully saturated rings. The minimum Gasteiger partial charge on any atom is -0.481 e. The molecular formula is C14H18ClNO5S. The van der Waals surface area contributed by atoms with Gasteiger partial charge in [0.25, 0.3) is 0 Å². The standard InChI is InChI=1S/C14H18ClNO5S/c15-11-3-1-2-4-12(11)22(19,20)16-14(6-5-13(17)18)7-9-21-10-8-14/h1-4,16H,5-10H2,(H,17,18). The van der Waals surface area contributed by atoms with Gasteiger partial charge in [-0.2, -0.15) is 0 Å². The van der Waals surface area contributed by atoms with Gasteiger partial charge in [-0.1, -0.05) is 23.7 Å². The van der Waals surface area contributed by atoms with Crippen molar-refractivity contribution < 1.29 is 23.1 Å². The first-order chi connectivity index (χ1) is 10.3. The number of benzene rings is 1. The molecule has 2 N–H and O–H groups in total. The number of hydrogen-bond acceptors (Lipinski definition) is 4. The van der Waals surface area contributed by atoms with E-state index < -0.39 is 21.5 Å². The van der Waals surface area contributed by atoms with Gasteiger partial charge in [0.2, 0.25) is 10.0 Å². The van der Waals surface area contributed by atoms with E-state index in [-0.39, 0.29) is 22.8 Å². The molecule has 1 aromatic carbocycles. The van der Waals surface area contributed by atoms with Crippen LogP contribution in [0.3, 0.4) is 0 Å². The topological polar surface area (TPSA) is 92.7 Å². The molecule has 0 saturated carbocycles. The number of ether oxygens (including phenoxy) is 1. The van der Waals surface area contributed by atoms with Crippen molar-refractivity contribution in [3.63, 3.8) is 0 Å². The van der Waals surface area contributed by atoms with E-state index in [1.165, 1.54) is 12.1 Å². The van der Waals surface area contributed by atoms with Crippen LogP contribution in [-0.4, -0.2) is 38.2 Å². The van der Waals surface area contributed by atoms with E-state index in [9.17, 15) is 13.2 Å². The predicted molar refractivity (Wildman–Crippen MR) is 81.4 cm³/mol. The highest BCUT2D eigenvalue weighted by molar-refractivity contribution is 7.89. The van der Waals surface area contributed by atoms with Crippen LogP contribution in [0.25, 0.3) is 0 Å². The Bertz CT molecular complexity index is 640. The Morgan fingerprint density at radius 3 is 2.55 bits per heavy atom. The summed E-state index contributed by atoms with van der Waals surface area (Å²) >= 11 is 5.96. The van der Waals surface area contributed by atoms with Gasteiger partial charge >= 0.3 is 5.97 Å². The third kappa shape index (κ3) is 4.19. The Morgan fingerprint density at radius 2 is 1.95 bits per heavy atom. The van der Waals surface area contributed by atoms with Crippen molar-refractivity contribution in [1.29, 1.82) is 0 Å². The second-order valence-electron chi connectivity index (χ2n) is 5.32. The van der Waals surface area contributed by atoms with Gasteiger partial charge in [-0.25, -0.2) is 13.1 Å². The zero-order chi connectivity index (χ0) is 16.2. The molecular weight excluding hydrogens is 330 g/mol. The second-order valence-corrected chi connectivity index (χ2v) is 7.38. The lowest BCUT2D eigenvalue weighted by Gasteiger charge is -2.37. The first kappa shape index (κ1) is 17.2. The summed E-state index contributed by atoms with van der Waals surface area (Å²) in [4.78, 5) is 10.8. The second kappa shape index (κ2) is 6.95. The number of halogens is 1. The quantitative estimate of drug-likeness (QED) is 0.821. The number of nitrogens with one attached hydrogen (secondary N) is 1. The summed E-state index contributed by atoms with van der Waals surface area (Å²) in [7, 11) is -3.83. The van der Waals surface area contributed by atoms with Crippen LogP contribution in [0, 0.1) is 0 Å². The number of aliphatic carboxylic acids is 1. The summed E-state index contributed by atoms with van der Waals surface area (Å²) in [5.41, 5.74) is -0.811. The molecule has 0 amide bonds. The van der Waals surface area contributed by atoms with Gasteiger partial charge in [0.1, 0.15) is 4.90 Å². The summed E-state index contributed by atoms with van der Waals surface area (Å²) in [6, 6.07) is 6.17. The van der Waals surface area contributed by atoms with Crippen LogP contribution in [0.1, 0.15) is 25.7 Å². The molecule has 1 aromatic rings. The number of sulfonamides is 1. The molecule has 0 radical (unpaired) electrons. The average Bonchev–Trinajstić information content (AvgIpc) is 2.46. The van der Waals surface area contributed by atoms with Crippen LogP contribution in [0.15, 0.2) is 29.2 Å². The average molecular weight is 348 g/mol. The first-order valence-corrected chi connectivity index (χ1v) is 8.79. The molecule has 1 saturated heterocycles. The lowest BCUT2D eigenvalue weighted by molar-refractivity contribution is -0.137. The van der Waals surface area contributed by atoms with Crippen molar-refractivity contribution in [2.45, 2.75) is 36.1 Å². The number of carboxylic acids is 1. The van der Waals surface area contributed by atoms with E-state index in [0.717, 1.165) is 0 Å². The third-order valence-corrected chi connectivity index (χ3v) is 5.82. The van der Waals surface area contributed by atoms with Gasteiger partial charge in [-0.05, 0) is 31.4 Å². The van der Waals surface area contributed by atoms with Crippen molar-refractivity contribution in [1.82, 2.24) is 4.72 Å². The summed E-state index contributed by atoms with van der Waals surface area (Å²) in [5.74, 6) is -0.956. The maximum Gasteiger partial charge on any atom is 0.303 e. The Kier molecular flexibility index (Phi) is 5.44. The third-order valence-electron chi connectivity index (χ3n) is 3.74. The zero-order valence-electron chi connectivity index (χ0n) is 11.9. The fourth-order valence-electron chi connectivity index (χ4n) is 2.51. The first-order valence-electron chi connectivity index (χ1n) is 6.93. The number of carboxylic acid groups (broad SMARTS) is 1. The van der Waals surface area contributed by atoms with Gasteiger partial charge in [-0.15, -0.1) is 0 Å². The SMILES string of the molecule is O=C(O)CCC1(NS(=O)(=O)c2ccccc2Cl)CCOCC1. The van der Waals surface area contributed by atoms with Crippen LogP contribution in [0.2, 0.25) is 5.02 Å². The fraction of sp³-hybridized carbons (Fsp3) is 0.500. The minimum absolute atomic E-state index is 0.00198. The molecule has 0 aliphatic carbocycles. The van der Waals surface area contributed by atoms with Crippen LogP contribution >= 0.6 is 11.6 Å². The van der Waals surface area contributed by atoms with Crippen molar-refractivity contribution in [2.24, 2.45) is 0 Å². The Balaban J connectivity index is 2.26. The fourth-order valence-corrected chi connectivity index (χ4v) is 4.52. The smallest absolute Gasteiger partial charge is 0.303 e. The molecule has 0 bridgehead atoms. The molecule has 1 heterocycles. The monoisotopic (exact) mass is 347 g/mol. The van der Waals surface area contributed by atoms with Crippen LogP contribution in [0.5, 0.6) is 0 Å². The molecule has 1 aliphatic heterocycles. The maximum atomic E-state index is 12.6. The minimum atomic E-state index is -3.83. The van der Waals surface area contributed by atoms with E-state index in [4.69, 9.17) is 21.4 Å². The summed E-state index contributed by atoms with van der Waals surface area (Å²) in [5, 5.41) is 9.02. The highest BCUT2D eigenvalue weighted by Gasteiger charge is 2.37. The van der Waals surface area contributed by atoms with E-state index in [2.05, 4.69) is 4.72 Å². The van der Waals surface area contributed by atoms with Crippen LogP contribution in [0.4, 0.5) is 0 Å². The van der Waals surface area contributed by atoms with Gasteiger partial charge in [0.05, 0.1) is 5.02 Å². The Labute approximate surface area is 134 Å². The molecule has 122 valence electrons.